The number of hydrogen-bond acceptors (Lipinski definition) is 2. The monoisotopic (exact) mass is 244 g/mol. The normalized spacial score (nSPS) is 22.2. The van der Waals surface area contributed by atoms with Crippen LogP contribution in [0.1, 0.15) is 0 Å². The number of hydrogen-bond donors (Lipinski definition) is 0. The van der Waals surface area contributed by atoms with E-state index in [9.17, 15) is 13.2 Å². The first-order valence-corrected chi connectivity index (χ1v) is 5.57. The first-order chi connectivity index (χ1) is 8.08. The second kappa shape index (κ2) is 4.96. The van der Waals surface area contributed by atoms with Crippen molar-refractivity contribution in [1.29, 1.82) is 0 Å². The van der Waals surface area contributed by atoms with Crippen molar-refractivity contribution in [3.8, 4) is 0 Å². The predicted molar refractivity (Wildman–Crippen MR) is 61.0 cm³/mol. The summed E-state index contributed by atoms with van der Waals surface area (Å²) in [6.07, 6.45) is -2.36. The van der Waals surface area contributed by atoms with Crippen LogP contribution in [-0.4, -0.2) is 44.0 Å². The minimum absolute atomic E-state index is 0.278. The highest BCUT2D eigenvalue weighted by atomic mass is 19.3. The fourth-order valence-electron chi connectivity index (χ4n) is 2.06. The molecule has 17 heavy (non-hydrogen) atoms. The Morgan fingerprint density at radius 2 is 1.82 bits per heavy atom. The topological polar surface area (TPSA) is 6.48 Å². The van der Waals surface area contributed by atoms with Gasteiger partial charge in [0.2, 0.25) is 0 Å². The predicted octanol–water partition coefficient (Wildman–Crippen LogP) is 2.21. The first kappa shape index (κ1) is 12.2. The number of benzene rings is 1. The highest BCUT2D eigenvalue weighted by Crippen LogP contribution is 2.21. The summed E-state index contributed by atoms with van der Waals surface area (Å²) in [7, 11) is 1.71. The Hall–Kier alpha value is -1.23. The van der Waals surface area contributed by atoms with E-state index in [4.69, 9.17) is 0 Å². The third kappa shape index (κ3) is 2.72. The summed E-state index contributed by atoms with van der Waals surface area (Å²) in [5.41, 5.74) is 0.796. The second-order valence-corrected chi connectivity index (χ2v) is 4.30. The standard InChI is InChI=1S/C12H15F3N2/c1-16-6-7-17(8-11(16)12(14)15)10-4-2-9(13)3-5-10/h2-5,11-12H,6-8H2,1H3. The molecule has 1 aromatic rings. The highest BCUT2D eigenvalue weighted by Gasteiger charge is 2.31. The molecule has 1 heterocycles. The van der Waals surface area contributed by atoms with Crippen molar-refractivity contribution < 1.29 is 13.2 Å². The van der Waals surface area contributed by atoms with E-state index in [0.717, 1.165) is 5.69 Å². The van der Waals surface area contributed by atoms with Gasteiger partial charge in [0.25, 0.3) is 6.43 Å². The molecule has 0 bridgehead atoms. The van der Waals surface area contributed by atoms with Crippen LogP contribution in [0.5, 0.6) is 0 Å². The highest BCUT2D eigenvalue weighted by molar-refractivity contribution is 5.47. The maximum atomic E-state index is 12.8. The quantitative estimate of drug-likeness (QED) is 0.787. The van der Waals surface area contributed by atoms with Crippen LogP contribution >= 0.6 is 0 Å². The third-order valence-electron chi connectivity index (χ3n) is 3.18. The lowest BCUT2D eigenvalue weighted by Crippen LogP contribution is -2.54. The molecule has 0 spiro atoms. The maximum absolute atomic E-state index is 12.8. The summed E-state index contributed by atoms with van der Waals surface area (Å²) in [5, 5.41) is 0. The molecule has 1 unspecified atom stereocenters. The van der Waals surface area contributed by atoms with Gasteiger partial charge in [-0.05, 0) is 31.3 Å². The molecular weight excluding hydrogens is 229 g/mol. The number of anilines is 1. The Morgan fingerprint density at radius 1 is 1.18 bits per heavy atom. The van der Waals surface area contributed by atoms with Crippen LogP contribution in [0.3, 0.4) is 0 Å². The van der Waals surface area contributed by atoms with Crippen LogP contribution in [-0.2, 0) is 0 Å². The van der Waals surface area contributed by atoms with Crippen molar-refractivity contribution in [2.24, 2.45) is 0 Å². The molecule has 1 fully saturated rings. The molecular formula is C12H15F3N2. The number of likely N-dealkylation sites (N-methyl/N-ethyl adjacent to an activating group) is 1. The Balaban J connectivity index is 2.10. The van der Waals surface area contributed by atoms with Crippen LogP contribution in [0.2, 0.25) is 0 Å². The lowest BCUT2D eigenvalue weighted by atomic mass is 10.1. The zero-order valence-corrected chi connectivity index (χ0v) is 9.61. The Labute approximate surface area is 98.6 Å². The maximum Gasteiger partial charge on any atom is 0.255 e. The Morgan fingerprint density at radius 3 is 2.41 bits per heavy atom. The van der Waals surface area contributed by atoms with Gasteiger partial charge in [-0.1, -0.05) is 0 Å². The van der Waals surface area contributed by atoms with Crippen molar-refractivity contribution >= 4 is 5.69 Å². The van der Waals surface area contributed by atoms with Gasteiger partial charge in [-0.15, -0.1) is 0 Å². The number of rotatable bonds is 2. The molecule has 0 amide bonds. The van der Waals surface area contributed by atoms with Gasteiger partial charge in [-0.3, -0.25) is 4.90 Å². The van der Waals surface area contributed by atoms with Gasteiger partial charge in [0.15, 0.2) is 0 Å². The Kier molecular flexibility index (Phi) is 3.57. The summed E-state index contributed by atoms with van der Waals surface area (Å²) < 4.78 is 38.4. The second-order valence-electron chi connectivity index (χ2n) is 4.30. The van der Waals surface area contributed by atoms with E-state index >= 15 is 0 Å². The summed E-state index contributed by atoms with van der Waals surface area (Å²) in [4.78, 5) is 3.54. The van der Waals surface area contributed by atoms with Crippen LogP contribution in [0.25, 0.3) is 0 Å². The molecule has 94 valence electrons. The zero-order chi connectivity index (χ0) is 12.4. The third-order valence-corrected chi connectivity index (χ3v) is 3.18. The average molecular weight is 244 g/mol. The molecule has 0 aromatic heterocycles. The number of halogens is 3. The molecule has 0 aliphatic carbocycles. The molecule has 2 rings (SSSR count). The van der Waals surface area contributed by atoms with Gasteiger partial charge < -0.3 is 4.90 Å². The summed E-state index contributed by atoms with van der Waals surface area (Å²) in [6.45, 7) is 1.55. The zero-order valence-electron chi connectivity index (χ0n) is 9.61. The van der Waals surface area contributed by atoms with Gasteiger partial charge in [-0.25, -0.2) is 13.2 Å². The number of alkyl halides is 2. The van der Waals surface area contributed by atoms with Crippen LogP contribution in [0.4, 0.5) is 18.9 Å². The molecule has 1 aliphatic rings. The fraction of sp³-hybridized carbons (Fsp3) is 0.500. The van der Waals surface area contributed by atoms with Crippen molar-refractivity contribution in [2.75, 3.05) is 31.6 Å². The van der Waals surface area contributed by atoms with E-state index in [1.54, 1.807) is 24.1 Å². The molecule has 0 saturated carbocycles. The van der Waals surface area contributed by atoms with Crippen molar-refractivity contribution in [2.45, 2.75) is 12.5 Å². The molecule has 0 radical (unpaired) electrons. The van der Waals surface area contributed by atoms with E-state index in [-0.39, 0.29) is 12.4 Å². The van der Waals surface area contributed by atoms with Gasteiger partial charge >= 0.3 is 0 Å². The molecule has 1 saturated heterocycles. The Bertz CT molecular complexity index is 367. The van der Waals surface area contributed by atoms with Crippen LogP contribution < -0.4 is 4.90 Å². The van der Waals surface area contributed by atoms with Crippen LogP contribution in [0, 0.1) is 5.82 Å². The van der Waals surface area contributed by atoms with E-state index < -0.39 is 12.5 Å². The van der Waals surface area contributed by atoms with E-state index in [0.29, 0.717) is 13.1 Å². The SMILES string of the molecule is CN1CCN(c2ccc(F)cc2)CC1C(F)F. The van der Waals surface area contributed by atoms with Gasteiger partial charge in [-0.2, -0.15) is 0 Å². The van der Waals surface area contributed by atoms with Gasteiger partial charge in [0, 0.05) is 25.3 Å². The molecule has 5 heteroatoms. The largest absolute Gasteiger partial charge is 0.368 e. The van der Waals surface area contributed by atoms with Crippen molar-refractivity contribution in [1.82, 2.24) is 4.90 Å². The van der Waals surface area contributed by atoms with Gasteiger partial charge in [0.05, 0.1) is 6.04 Å². The molecule has 1 aromatic carbocycles. The minimum Gasteiger partial charge on any atom is -0.368 e. The summed E-state index contributed by atoms with van der Waals surface area (Å²) in [6, 6.07) is 5.21. The lowest BCUT2D eigenvalue weighted by Gasteiger charge is -2.40. The summed E-state index contributed by atoms with van der Waals surface area (Å²) in [5.74, 6) is -0.312. The minimum atomic E-state index is -2.36. The molecule has 2 nitrogen and oxygen atoms in total. The summed E-state index contributed by atoms with van der Waals surface area (Å²) >= 11 is 0. The molecule has 1 atom stereocenters. The first-order valence-electron chi connectivity index (χ1n) is 5.57. The molecule has 0 N–H and O–H groups in total. The average Bonchev–Trinajstić information content (AvgIpc) is 2.30. The lowest BCUT2D eigenvalue weighted by molar-refractivity contribution is 0.0325. The fourth-order valence-corrected chi connectivity index (χ4v) is 2.06. The number of nitrogens with zero attached hydrogens (tertiary/aromatic N) is 2. The molecule has 1 aliphatic heterocycles. The van der Waals surface area contributed by atoms with Crippen molar-refractivity contribution in [3.63, 3.8) is 0 Å². The van der Waals surface area contributed by atoms with E-state index in [2.05, 4.69) is 0 Å². The smallest absolute Gasteiger partial charge is 0.255 e. The van der Waals surface area contributed by atoms with Gasteiger partial charge in [0.1, 0.15) is 5.82 Å². The van der Waals surface area contributed by atoms with Crippen LogP contribution in [0.15, 0.2) is 24.3 Å². The van der Waals surface area contributed by atoms with E-state index in [1.165, 1.54) is 12.1 Å². The van der Waals surface area contributed by atoms with E-state index in [1.807, 2.05) is 4.90 Å². The van der Waals surface area contributed by atoms with Crippen molar-refractivity contribution in [3.05, 3.63) is 30.1 Å². The number of piperazine rings is 1.